The van der Waals surface area contributed by atoms with Crippen LogP contribution in [0.25, 0.3) is 10.2 Å². The molecule has 2 aromatic carbocycles. The second-order valence-corrected chi connectivity index (χ2v) is 10.8. The molecule has 2 saturated heterocycles. The number of halogens is 1. The average Bonchev–Trinajstić information content (AvgIpc) is 3.41. The van der Waals surface area contributed by atoms with Crippen LogP contribution < -0.4 is 9.64 Å². The first-order valence-corrected chi connectivity index (χ1v) is 12.9. The van der Waals surface area contributed by atoms with E-state index in [-0.39, 0.29) is 30.3 Å². The fraction of sp³-hybridized carbons (Fsp3) is 0.400. The van der Waals surface area contributed by atoms with E-state index < -0.39 is 0 Å². The lowest BCUT2D eigenvalue weighted by molar-refractivity contribution is -0.137. The Labute approximate surface area is 205 Å². The minimum Gasteiger partial charge on any atom is -0.467 e. The van der Waals surface area contributed by atoms with Crippen molar-refractivity contribution >= 4 is 55.0 Å². The van der Waals surface area contributed by atoms with Crippen LogP contribution in [0.5, 0.6) is 5.19 Å². The first-order valence-electron chi connectivity index (χ1n) is 11.3. The third kappa shape index (κ3) is 4.51. The van der Waals surface area contributed by atoms with Crippen molar-refractivity contribution in [3.8, 4) is 5.19 Å². The van der Waals surface area contributed by atoms with Gasteiger partial charge in [0.05, 0.1) is 16.1 Å². The highest BCUT2D eigenvalue weighted by Crippen LogP contribution is 2.34. The summed E-state index contributed by atoms with van der Waals surface area (Å²) in [5, 5.41) is 0.707. The maximum atomic E-state index is 13.1. The van der Waals surface area contributed by atoms with Gasteiger partial charge in [0.1, 0.15) is 6.10 Å². The number of aryl methyl sites for hydroxylation is 2. The topological polar surface area (TPSA) is 62.7 Å². The summed E-state index contributed by atoms with van der Waals surface area (Å²) in [5.74, 6) is -0.208. The van der Waals surface area contributed by atoms with Crippen molar-refractivity contribution in [2.45, 2.75) is 39.2 Å². The van der Waals surface area contributed by atoms with Crippen molar-refractivity contribution in [1.82, 2.24) is 9.88 Å². The number of piperidine rings is 1. The molecule has 6 nitrogen and oxygen atoms in total. The molecule has 3 aromatic rings. The number of benzene rings is 2. The molecule has 2 aliphatic heterocycles. The Morgan fingerprint density at radius 2 is 1.91 bits per heavy atom. The van der Waals surface area contributed by atoms with Gasteiger partial charge in [-0.3, -0.25) is 9.59 Å². The fourth-order valence-electron chi connectivity index (χ4n) is 4.65. The van der Waals surface area contributed by atoms with Crippen LogP contribution in [-0.2, 0) is 9.59 Å². The van der Waals surface area contributed by atoms with E-state index >= 15 is 0 Å². The molecule has 2 amide bonds. The lowest BCUT2D eigenvalue weighted by atomic mass is 10.0. The zero-order valence-corrected chi connectivity index (χ0v) is 21.1. The van der Waals surface area contributed by atoms with E-state index in [0.717, 1.165) is 34.1 Å². The Kier molecular flexibility index (Phi) is 6.14. The number of aromatic nitrogens is 1. The number of hydrogen-bond donors (Lipinski definition) is 0. The molecule has 0 N–H and O–H groups in total. The van der Waals surface area contributed by atoms with Gasteiger partial charge in [-0.15, -0.1) is 0 Å². The number of rotatable bonds is 4. The van der Waals surface area contributed by atoms with Gasteiger partial charge in [-0.25, -0.2) is 4.98 Å². The zero-order valence-electron chi connectivity index (χ0n) is 18.7. The normalized spacial score (nSPS) is 19.5. The van der Waals surface area contributed by atoms with Crippen LogP contribution in [0.15, 0.2) is 40.9 Å². The van der Waals surface area contributed by atoms with Crippen molar-refractivity contribution in [3.05, 3.63) is 52.0 Å². The largest absolute Gasteiger partial charge is 0.467 e. The predicted molar refractivity (Wildman–Crippen MR) is 134 cm³/mol. The smallest absolute Gasteiger partial charge is 0.274 e. The highest BCUT2D eigenvalue weighted by atomic mass is 79.9. The Hall–Kier alpha value is -2.45. The molecule has 33 heavy (non-hydrogen) atoms. The van der Waals surface area contributed by atoms with Crippen LogP contribution in [0.1, 0.15) is 30.4 Å². The summed E-state index contributed by atoms with van der Waals surface area (Å²) in [6.45, 7) is 5.90. The molecule has 2 aliphatic rings. The second-order valence-electron chi connectivity index (χ2n) is 8.88. The van der Waals surface area contributed by atoms with E-state index in [0.29, 0.717) is 24.8 Å². The number of likely N-dealkylation sites (tertiary alicyclic amines) is 1. The van der Waals surface area contributed by atoms with Crippen molar-refractivity contribution in [2.75, 3.05) is 24.5 Å². The van der Waals surface area contributed by atoms with Gasteiger partial charge >= 0.3 is 0 Å². The summed E-state index contributed by atoms with van der Waals surface area (Å²) >= 11 is 5.05. The standard InChI is InChI=1S/C25H26BrN3O3S/c1-15-6-7-16(2)23-22(15)27-25(33-23)32-20-8-10-28(11-9-20)24(31)17-12-21(30)29(14-17)19-5-3-4-18(26)13-19/h3-7,13,17,20H,8-12,14H2,1-2H3. The Morgan fingerprint density at radius 3 is 2.64 bits per heavy atom. The molecule has 5 rings (SSSR count). The van der Waals surface area contributed by atoms with Gasteiger partial charge in [0.25, 0.3) is 5.19 Å². The number of hydrogen-bond acceptors (Lipinski definition) is 5. The van der Waals surface area contributed by atoms with Crippen LogP contribution in [0, 0.1) is 19.8 Å². The summed E-state index contributed by atoms with van der Waals surface area (Å²) in [7, 11) is 0. The van der Waals surface area contributed by atoms with Gasteiger partial charge in [-0.1, -0.05) is 45.5 Å². The lowest BCUT2D eigenvalue weighted by Gasteiger charge is -2.33. The first-order chi connectivity index (χ1) is 15.9. The molecule has 1 unspecified atom stereocenters. The molecule has 2 fully saturated rings. The molecule has 8 heteroatoms. The number of carbonyl (C=O) groups is 2. The monoisotopic (exact) mass is 527 g/mol. The average molecular weight is 528 g/mol. The highest BCUT2D eigenvalue weighted by Gasteiger charge is 2.38. The zero-order chi connectivity index (χ0) is 23.1. The molecule has 0 aliphatic carbocycles. The SMILES string of the molecule is Cc1ccc(C)c2sc(OC3CCN(C(=O)C4CC(=O)N(c5cccc(Br)c5)C4)CC3)nc12. The summed E-state index contributed by atoms with van der Waals surface area (Å²) in [4.78, 5) is 34.0. The van der Waals surface area contributed by atoms with E-state index in [1.165, 1.54) is 10.3 Å². The Balaban J connectivity index is 1.18. The van der Waals surface area contributed by atoms with E-state index in [1.54, 1.807) is 16.2 Å². The number of thiazole rings is 1. The molecule has 0 saturated carbocycles. The molecule has 172 valence electrons. The maximum absolute atomic E-state index is 13.1. The van der Waals surface area contributed by atoms with Crippen LogP contribution in [-0.4, -0.2) is 47.4 Å². The highest BCUT2D eigenvalue weighted by molar-refractivity contribution is 9.10. The quantitative estimate of drug-likeness (QED) is 0.473. The van der Waals surface area contributed by atoms with Gasteiger partial charge in [-0.2, -0.15) is 0 Å². The first kappa shape index (κ1) is 22.3. The fourth-order valence-corrected chi connectivity index (χ4v) is 6.07. The van der Waals surface area contributed by atoms with E-state index in [1.807, 2.05) is 29.2 Å². The number of carbonyl (C=O) groups excluding carboxylic acids is 2. The predicted octanol–water partition coefficient (Wildman–Crippen LogP) is 5.10. The Morgan fingerprint density at radius 1 is 1.15 bits per heavy atom. The van der Waals surface area contributed by atoms with Gasteiger partial charge in [-0.05, 0) is 43.2 Å². The van der Waals surface area contributed by atoms with E-state index in [4.69, 9.17) is 9.72 Å². The summed E-state index contributed by atoms with van der Waals surface area (Å²) in [5.41, 5.74) is 4.22. The van der Waals surface area contributed by atoms with Crippen LogP contribution in [0.2, 0.25) is 0 Å². The number of fused-ring (bicyclic) bond motifs is 1. The molecule has 1 aromatic heterocycles. The number of anilines is 1. The molecule has 0 spiro atoms. The number of ether oxygens (including phenoxy) is 1. The third-order valence-electron chi connectivity index (χ3n) is 6.54. The van der Waals surface area contributed by atoms with Crippen molar-refractivity contribution < 1.29 is 14.3 Å². The summed E-state index contributed by atoms with van der Waals surface area (Å²) < 4.78 is 8.31. The molecular weight excluding hydrogens is 502 g/mol. The minimum atomic E-state index is -0.288. The van der Waals surface area contributed by atoms with E-state index in [2.05, 4.69) is 41.9 Å². The summed E-state index contributed by atoms with van der Waals surface area (Å²) in [6, 6.07) is 11.9. The van der Waals surface area contributed by atoms with Crippen LogP contribution >= 0.6 is 27.3 Å². The Bertz CT molecular complexity index is 1180. The van der Waals surface area contributed by atoms with Crippen molar-refractivity contribution in [1.29, 1.82) is 0 Å². The molecule has 1 atom stereocenters. The van der Waals surface area contributed by atoms with E-state index in [9.17, 15) is 9.59 Å². The summed E-state index contributed by atoms with van der Waals surface area (Å²) in [6.07, 6.45) is 1.87. The number of nitrogens with zero attached hydrogens (tertiary/aromatic N) is 3. The van der Waals surface area contributed by atoms with Gasteiger partial charge in [0.2, 0.25) is 11.8 Å². The van der Waals surface area contributed by atoms with Crippen LogP contribution in [0.3, 0.4) is 0 Å². The van der Waals surface area contributed by atoms with Crippen molar-refractivity contribution in [3.63, 3.8) is 0 Å². The van der Waals surface area contributed by atoms with Gasteiger partial charge in [0.15, 0.2) is 0 Å². The lowest BCUT2D eigenvalue weighted by Crippen LogP contribution is -2.44. The molecular formula is C25H26BrN3O3S. The van der Waals surface area contributed by atoms with Gasteiger partial charge < -0.3 is 14.5 Å². The van der Waals surface area contributed by atoms with Crippen molar-refractivity contribution in [2.24, 2.45) is 5.92 Å². The minimum absolute atomic E-state index is 0.00564. The molecule has 0 radical (unpaired) electrons. The number of amides is 2. The third-order valence-corrected chi connectivity index (χ3v) is 8.11. The van der Waals surface area contributed by atoms with Crippen LogP contribution in [0.4, 0.5) is 5.69 Å². The second kappa shape index (κ2) is 9.06. The van der Waals surface area contributed by atoms with Gasteiger partial charge in [0, 0.05) is 49.1 Å². The molecule has 0 bridgehead atoms. The maximum Gasteiger partial charge on any atom is 0.274 e. The molecule has 3 heterocycles.